The number of benzene rings is 1. The van der Waals surface area contributed by atoms with Crippen molar-refractivity contribution in [3.63, 3.8) is 0 Å². The Kier molecular flexibility index (Phi) is 6.67. The van der Waals surface area contributed by atoms with E-state index in [0.717, 1.165) is 25.5 Å². The van der Waals surface area contributed by atoms with Gasteiger partial charge in [0.1, 0.15) is 18.1 Å². The molecule has 0 spiro atoms. The molecule has 30 heavy (non-hydrogen) atoms. The summed E-state index contributed by atoms with van der Waals surface area (Å²) in [5.74, 6) is -0.0744. The molecular formula is C18H23N5O6S. The Hall–Kier alpha value is -2.99. The fourth-order valence-corrected chi connectivity index (χ4v) is 4.74. The zero-order valence-corrected chi connectivity index (χ0v) is 17.3. The first kappa shape index (κ1) is 21.7. The largest absolute Gasteiger partial charge is 0.495 e. The van der Waals surface area contributed by atoms with Crippen molar-refractivity contribution in [1.29, 1.82) is 0 Å². The van der Waals surface area contributed by atoms with Crippen LogP contribution in [-0.4, -0.2) is 53.5 Å². The predicted molar refractivity (Wildman–Crippen MR) is 108 cm³/mol. The van der Waals surface area contributed by atoms with Gasteiger partial charge in [0.2, 0.25) is 15.9 Å². The normalized spacial score (nSPS) is 15.0. The number of rotatable bonds is 8. The number of aryl methyl sites for hydroxylation is 1. The number of sulfonamides is 1. The third-order valence-corrected chi connectivity index (χ3v) is 6.69. The molecule has 0 unspecified atom stereocenters. The Balaban J connectivity index is 1.71. The van der Waals surface area contributed by atoms with Gasteiger partial charge in [-0.3, -0.25) is 19.6 Å². The molecule has 0 aliphatic carbocycles. The van der Waals surface area contributed by atoms with Crippen LogP contribution in [0.4, 0.5) is 11.4 Å². The van der Waals surface area contributed by atoms with Gasteiger partial charge in [-0.2, -0.15) is 9.40 Å². The minimum Gasteiger partial charge on any atom is -0.495 e. The Morgan fingerprint density at radius 1 is 1.30 bits per heavy atom. The summed E-state index contributed by atoms with van der Waals surface area (Å²) in [7, 11) is -2.23. The molecule has 1 aliphatic heterocycles. The number of nitro groups is 1. The fraction of sp³-hybridized carbons (Fsp3) is 0.444. The molecule has 162 valence electrons. The predicted octanol–water partition coefficient (Wildman–Crippen LogP) is 2.00. The molecule has 1 aromatic heterocycles. The van der Waals surface area contributed by atoms with E-state index < -0.39 is 20.9 Å². The quantitative estimate of drug-likeness (QED) is 0.492. The zero-order valence-electron chi connectivity index (χ0n) is 16.5. The number of nitrogens with zero attached hydrogens (tertiary/aromatic N) is 4. The van der Waals surface area contributed by atoms with Crippen LogP contribution in [0.5, 0.6) is 5.75 Å². The van der Waals surface area contributed by atoms with E-state index in [9.17, 15) is 23.3 Å². The van der Waals surface area contributed by atoms with Gasteiger partial charge < -0.3 is 10.1 Å². The topological polar surface area (TPSA) is 137 Å². The van der Waals surface area contributed by atoms with Gasteiger partial charge in [0.25, 0.3) is 0 Å². The molecule has 3 rings (SSSR count). The smallest absolute Gasteiger partial charge is 0.306 e. The molecule has 0 saturated carbocycles. The van der Waals surface area contributed by atoms with Crippen molar-refractivity contribution >= 4 is 27.3 Å². The van der Waals surface area contributed by atoms with Crippen molar-refractivity contribution in [2.75, 3.05) is 25.5 Å². The van der Waals surface area contributed by atoms with Crippen molar-refractivity contribution in [1.82, 2.24) is 14.1 Å². The van der Waals surface area contributed by atoms with Crippen LogP contribution in [0.1, 0.15) is 25.7 Å². The van der Waals surface area contributed by atoms with E-state index in [2.05, 4.69) is 10.4 Å². The lowest BCUT2D eigenvalue weighted by atomic mass is 10.2. The first-order valence-corrected chi connectivity index (χ1v) is 10.9. The molecule has 1 amide bonds. The molecule has 2 aromatic rings. The van der Waals surface area contributed by atoms with Crippen LogP contribution >= 0.6 is 0 Å². The van der Waals surface area contributed by atoms with E-state index in [1.807, 2.05) is 0 Å². The molecule has 12 heteroatoms. The van der Waals surface area contributed by atoms with Crippen LogP contribution in [0, 0.1) is 10.1 Å². The van der Waals surface area contributed by atoms with Crippen LogP contribution < -0.4 is 10.1 Å². The van der Waals surface area contributed by atoms with Crippen molar-refractivity contribution in [2.24, 2.45) is 0 Å². The molecule has 0 atom stereocenters. The van der Waals surface area contributed by atoms with Crippen LogP contribution in [-0.2, 0) is 21.4 Å². The second kappa shape index (κ2) is 9.22. The maximum atomic E-state index is 12.9. The van der Waals surface area contributed by atoms with Gasteiger partial charge in [0, 0.05) is 26.1 Å². The van der Waals surface area contributed by atoms with Gasteiger partial charge in [-0.25, -0.2) is 8.42 Å². The van der Waals surface area contributed by atoms with Gasteiger partial charge >= 0.3 is 5.69 Å². The number of ether oxygens (including phenoxy) is 1. The third-order valence-electron chi connectivity index (χ3n) is 4.80. The summed E-state index contributed by atoms with van der Waals surface area (Å²) >= 11 is 0. The van der Waals surface area contributed by atoms with Crippen molar-refractivity contribution in [3.8, 4) is 5.75 Å². The molecule has 1 saturated heterocycles. The van der Waals surface area contributed by atoms with Crippen molar-refractivity contribution in [2.45, 2.75) is 37.1 Å². The second-order valence-corrected chi connectivity index (χ2v) is 8.78. The first-order chi connectivity index (χ1) is 14.3. The number of anilines is 1. The maximum Gasteiger partial charge on any atom is 0.306 e. The summed E-state index contributed by atoms with van der Waals surface area (Å²) in [6, 6.07) is 4.35. The summed E-state index contributed by atoms with van der Waals surface area (Å²) in [5.41, 5.74) is 0.0831. The maximum absolute atomic E-state index is 12.9. The van der Waals surface area contributed by atoms with Gasteiger partial charge in [-0.1, -0.05) is 6.42 Å². The highest BCUT2D eigenvalue weighted by Gasteiger charge is 2.27. The van der Waals surface area contributed by atoms with Gasteiger partial charge in [-0.05, 0) is 31.0 Å². The molecule has 1 aliphatic rings. The molecule has 1 aromatic carbocycles. The Morgan fingerprint density at radius 2 is 2.03 bits per heavy atom. The molecule has 11 nitrogen and oxygen atoms in total. The van der Waals surface area contributed by atoms with E-state index in [1.54, 1.807) is 0 Å². The summed E-state index contributed by atoms with van der Waals surface area (Å²) < 4.78 is 33.8. The van der Waals surface area contributed by atoms with E-state index in [1.165, 1.54) is 40.5 Å². The number of carbonyl (C=O) groups excluding carboxylic acids is 1. The lowest BCUT2D eigenvalue weighted by Crippen LogP contribution is -2.35. The summed E-state index contributed by atoms with van der Waals surface area (Å²) in [4.78, 5) is 22.6. The molecule has 2 heterocycles. The van der Waals surface area contributed by atoms with Crippen LogP contribution in [0.15, 0.2) is 35.5 Å². The van der Waals surface area contributed by atoms with E-state index >= 15 is 0 Å². The summed E-state index contributed by atoms with van der Waals surface area (Å²) in [5, 5.41) is 17.2. The number of hydrogen-bond donors (Lipinski definition) is 1. The van der Waals surface area contributed by atoms with E-state index in [0.29, 0.717) is 18.8 Å². The number of hydrogen-bond acceptors (Lipinski definition) is 7. The lowest BCUT2D eigenvalue weighted by Gasteiger charge is -2.26. The number of aromatic nitrogens is 2. The monoisotopic (exact) mass is 437 g/mol. The SMILES string of the molecule is COc1ccc(S(=O)(=O)N2CCCCC2)cc1NC(=O)CCn1cc([N+](=O)[O-])cn1. The highest BCUT2D eigenvalue weighted by atomic mass is 32.2. The zero-order chi connectivity index (χ0) is 21.7. The molecule has 1 N–H and O–H groups in total. The third kappa shape index (κ3) is 4.94. The van der Waals surface area contributed by atoms with Crippen molar-refractivity contribution < 1.29 is 22.9 Å². The first-order valence-electron chi connectivity index (χ1n) is 9.46. The van der Waals surface area contributed by atoms with Crippen LogP contribution in [0.2, 0.25) is 0 Å². The Labute approximate surface area is 173 Å². The average molecular weight is 437 g/mol. The minimum atomic E-state index is -3.66. The molecule has 0 radical (unpaired) electrons. The highest BCUT2D eigenvalue weighted by molar-refractivity contribution is 7.89. The average Bonchev–Trinajstić information content (AvgIpc) is 3.22. The number of amides is 1. The lowest BCUT2D eigenvalue weighted by molar-refractivity contribution is -0.385. The Bertz CT molecular complexity index is 1030. The number of methoxy groups -OCH3 is 1. The van der Waals surface area contributed by atoms with Crippen LogP contribution in [0.25, 0.3) is 0 Å². The fourth-order valence-electron chi connectivity index (χ4n) is 3.20. The van der Waals surface area contributed by atoms with Crippen LogP contribution in [0.3, 0.4) is 0 Å². The van der Waals surface area contributed by atoms with E-state index in [4.69, 9.17) is 4.74 Å². The second-order valence-electron chi connectivity index (χ2n) is 6.84. The van der Waals surface area contributed by atoms with Crippen molar-refractivity contribution in [3.05, 3.63) is 40.7 Å². The standard InChI is InChI=1S/C18H23N5O6S/c1-29-17-6-5-15(30(27,28)22-8-3-2-4-9-22)11-16(17)20-18(24)7-10-21-13-14(12-19-21)23(25)26/h5-6,11-13H,2-4,7-10H2,1H3,(H,20,24). The molecule has 1 fully saturated rings. The van der Waals surface area contributed by atoms with Gasteiger partial charge in [0.15, 0.2) is 0 Å². The number of nitrogens with one attached hydrogen (secondary N) is 1. The molecular weight excluding hydrogens is 414 g/mol. The number of carbonyl (C=O) groups is 1. The summed E-state index contributed by atoms with van der Waals surface area (Å²) in [6.07, 6.45) is 4.99. The Morgan fingerprint density at radius 3 is 2.67 bits per heavy atom. The van der Waals surface area contributed by atoms with E-state index in [-0.39, 0.29) is 29.2 Å². The highest BCUT2D eigenvalue weighted by Crippen LogP contribution is 2.30. The number of piperidine rings is 1. The minimum absolute atomic E-state index is 0.00884. The summed E-state index contributed by atoms with van der Waals surface area (Å²) in [6.45, 7) is 1.09. The van der Waals surface area contributed by atoms with Gasteiger partial charge in [0.05, 0.1) is 22.6 Å². The molecule has 0 bridgehead atoms. The van der Waals surface area contributed by atoms with Gasteiger partial charge in [-0.15, -0.1) is 0 Å².